The van der Waals surface area contributed by atoms with Crippen molar-refractivity contribution in [3.05, 3.63) is 0 Å². The largest absolute Gasteiger partial charge is 0.465 e. The van der Waals surface area contributed by atoms with Gasteiger partial charge in [-0.25, -0.2) is 0 Å². The van der Waals surface area contributed by atoms with Crippen molar-refractivity contribution in [2.45, 2.75) is 44.1 Å². The van der Waals surface area contributed by atoms with Gasteiger partial charge in [-0.05, 0) is 19.8 Å². The molecule has 86 valence electrons. The number of carbonyl (C=O) groups is 1. The zero-order valence-electron chi connectivity index (χ0n) is 8.72. The van der Waals surface area contributed by atoms with Crippen LogP contribution in [0.5, 0.6) is 0 Å². The molecule has 3 N–H and O–H groups in total. The predicted octanol–water partition coefficient (Wildman–Crippen LogP) is -0.978. The Morgan fingerprint density at radius 1 is 1.40 bits per heavy atom. The van der Waals surface area contributed by atoms with E-state index in [0.717, 1.165) is 12.8 Å². The Bertz CT molecular complexity index is 256. The van der Waals surface area contributed by atoms with Crippen LogP contribution in [-0.4, -0.2) is 47.1 Å². The van der Waals surface area contributed by atoms with Crippen molar-refractivity contribution in [1.82, 2.24) is 5.32 Å². The number of aliphatic hydroxyl groups excluding tert-OH is 2. The van der Waals surface area contributed by atoms with Crippen molar-refractivity contribution < 1.29 is 19.7 Å². The number of hydrogen-bond donors (Lipinski definition) is 3. The van der Waals surface area contributed by atoms with Crippen molar-refractivity contribution in [2.75, 3.05) is 6.61 Å². The number of rotatable bonds is 2. The number of piperidine rings is 2. The Labute approximate surface area is 88.4 Å². The van der Waals surface area contributed by atoms with Crippen LogP contribution in [0.3, 0.4) is 0 Å². The molecule has 3 fully saturated rings. The maximum absolute atomic E-state index is 11.6. The van der Waals surface area contributed by atoms with Gasteiger partial charge in [-0.2, -0.15) is 0 Å². The third kappa shape index (κ3) is 1.75. The summed E-state index contributed by atoms with van der Waals surface area (Å²) in [7, 11) is 0. The molecule has 2 heterocycles. The molecule has 15 heavy (non-hydrogen) atoms. The molecule has 3 rings (SSSR count). The first-order valence-electron chi connectivity index (χ1n) is 5.44. The van der Waals surface area contributed by atoms with Gasteiger partial charge in [0.15, 0.2) is 0 Å². The fraction of sp³-hybridized carbons (Fsp3) is 0.900. The second-order valence-electron chi connectivity index (χ2n) is 4.23. The van der Waals surface area contributed by atoms with Crippen molar-refractivity contribution >= 4 is 5.97 Å². The van der Waals surface area contributed by atoms with Gasteiger partial charge in [0, 0.05) is 12.0 Å². The van der Waals surface area contributed by atoms with Crippen LogP contribution in [0.2, 0.25) is 0 Å². The molecule has 5 nitrogen and oxygen atoms in total. The van der Waals surface area contributed by atoms with Gasteiger partial charge in [0.05, 0.1) is 18.8 Å². The summed E-state index contributed by atoms with van der Waals surface area (Å²) < 4.78 is 4.92. The highest BCUT2D eigenvalue weighted by Crippen LogP contribution is 2.34. The van der Waals surface area contributed by atoms with E-state index in [-0.39, 0.29) is 17.9 Å². The lowest BCUT2D eigenvalue weighted by atomic mass is 9.72. The average molecular weight is 215 g/mol. The Balaban J connectivity index is 2.07. The smallest absolute Gasteiger partial charge is 0.323 e. The third-order valence-corrected chi connectivity index (χ3v) is 3.37. The normalized spacial score (nSPS) is 44.1. The summed E-state index contributed by atoms with van der Waals surface area (Å²) in [6.07, 6.45) is 0.00637. The molecule has 2 aliphatic heterocycles. The lowest BCUT2D eigenvalue weighted by Gasteiger charge is -2.48. The second-order valence-corrected chi connectivity index (χ2v) is 4.23. The van der Waals surface area contributed by atoms with Gasteiger partial charge in [-0.1, -0.05) is 0 Å². The molecule has 2 bridgehead atoms. The molecule has 1 aliphatic carbocycles. The number of nitrogens with one attached hydrogen (secondary N) is 1. The molecule has 0 aromatic rings. The maximum Gasteiger partial charge on any atom is 0.323 e. The van der Waals surface area contributed by atoms with E-state index in [0.29, 0.717) is 6.61 Å². The van der Waals surface area contributed by atoms with Crippen LogP contribution in [-0.2, 0) is 9.53 Å². The van der Waals surface area contributed by atoms with Crippen LogP contribution in [0.15, 0.2) is 0 Å². The predicted molar refractivity (Wildman–Crippen MR) is 52.1 cm³/mol. The van der Waals surface area contributed by atoms with E-state index < -0.39 is 18.2 Å². The van der Waals surface area contributed by atoms with E-state index >= 15 is 0 Å². The number of esters is 1. The fourth-order valence-electron chi connectivity index (χ4n) is 2.58. The zero-order chi connectivity index (χ0) is 11.0. The highest BCUT2D eigenvalue weighted by molar-refractivity contribution is 5.76. The van der Waals surface area contributed by atoms with E-state index in [1.54, 1.807) is 6.92 Å². The van der Waals surface area contributed by atoms with E-state index in [1.165, 1.54) is 0 Å². The van der Waals surface area contributed by atoms with Gasteiger partial charge in [0.1, 0.15) is 6.04 Å². The van der Waals surface area contributed by atoms with Gasteiger partial charge in [-0.3, -0.25) is 10.1 Å². The summed E-state index contributed by atoms with van der Waals surface area (Å²) >= 11 is 0. The first-order valence-corrected chi connectivity index (χ1v) is 5.44. The van der Waals surface area contributed by atoms with Crippen molar-refractivity contribution in [2.24, 2.45) is 5.92 Å². The van der Waals surface area contributed by atoms with Gasteiger partial charge in [-0.15, -0.1) is 0 Å². The van der Waals surface area contributed by atoms with Gasteiger partial charge in [0.2, 0.25) is 0 Å². The summed E-state index contributed by atoms with van der Waals surface area (Å²) in [5, 5.41) is 22.4. The molecule has 0 spiro atoms. The average Bonchev–Trinajstić information content (AvgIpc) is 2.25. The summed E-state index contributed by atoms with van der Waals surface area (Å²) in [6.45, 7) is 2.09. The summed E-state index contributed by atoms with van der Waals surface area (Å²) in [5.41, 5.74) is 0. The lowest BCUT2D eigenvalue weighted by molar-refractivity contribution is -0.161. The highest BCUT2D eigenvalue weighted by atomic mass is 16.5. The Morgan fingerprint density at radius 3 is 2.73 bits per heavy atom. The van der Waals surface area contributed by atoms with Crippen LogP contribution in [0, 0.1) is 5.92 Å². The Kier molecular flexibility index (Phi) is 2.95. The second kappa shape index (κ2) is 4.08. The molecule has 0 amide bonds. The molecule has 0 aromatic carbocycles. The van der Waals surface area contributed by atoms with Gasteiger partial charge < -0.3 is 14.9 Å². The molecule has 3 aliphatic rings. The fourth-order valence-corrected chi connectivity index (χ4v) is 2.58. The van der Waals surface area contributed by atoms with E-state index in [2.05, 4.69) is 5.32 Å². The zero-order valence-corrected chi connectivity index (χ0v) is 8.72. The molecule has 1 saturated carbocycles. The number of hydrogen-bond acceptors (Lipinski definition) is 5. The van der Waals surface area contributed by atoms with Gasteiger partial charge >= 0.3 is 5.97 Å². The summed E-state index contributed by atoms with van der Waals surface area (Å²) in [6, 6.07) is -0.637. The minimum absolute atomic E-state index is 0.181. The van der Waals surface area contributed by atoms with Crippen LogP contribution in [0.1, 0.15) is 19.8 Å². The van der Waals surface area contributed by atoms with E-state index in [9.17, 15) is 15.0 Å². The summed E-state index contributed by atoms with van der Waals surface area (Å²) in [5.74, 6) is -0.540. The van der Waals surface area contributed by atoms with Crippen LogP contribution < -0.4 is 5.32 Å². The maximum atomic E-state index is 11.6. The molecule has 5 atom stereocenters. The van der Waals surface area contributed by atoms with E-state index in [4.69, 9.17) is 4.74 Å². The molecule has 0 unspecified atom stereocenters. The number of aliphatic hydroxyl groups is 2. The molecule has 0 radical (unpaired) electrons. The number of fused-ring (bicyclic) bond motifs is 3. The molecular formula is C10H17NO4. The molecular weight excluding hydrogens is 198 g/mol. The number of ether oxygens (including phenoxy) is 1. The van der Waals surface area contributed by atoms with Crippen LogP contribution in [0.4, 0.5) is 0 Å². The first-order chi connectivity index (χ1) is 7.15. The standard InChI is InChI=1S/C10H17NO4/c1-2-15-10(14)7-5-3-4-6(11-7)9(13)8(5)12/h5-9,11-13H,2-4H2,1H3/t5-,6-,7-,8-,9+/m0/s1. The monoisotopic (exact) mass is 215 g/mol. The van der Waals surface area contributed by atoms with E-state index in [1.807, 2.05) is 0 Å². The highest BCUT2D eigenvalue weighted by Gasteiger charge is 2.50. The summed E-state index contributed by atoms with van der Waals surface area (Å²) in [4.78, 5) is 11.6. The van der Waals surface area contributed by atoms with Crippen molar-refractivity contribution in [3.8, 4) is 0 Å². The molecule has 2 saturated heterocycles. The Morgan fingerprint density at radius 2 is 2.13 bits per heavy atom. The lowest BCUT2D eigenvalue weighted by Crippen LogP contribution is -2.68. The Hall–Kier alpha value is -0.650. The minimum atomic E-state index is -0.806. The van der Waals surface area contributed by atoms with Crippen molar-refractivity contribution in [3.63, 3.8) is 0 Å². The first kappa shape index (κ1) is 10.9. The third-order valence-electron chi connectivity index (χ3n) is 3.37. The number of carbonyl (C=O) groups excluding carboxylic acids is 1. The van der Waals surface area contributed by atoms with Crippen molar-refractivity contribution in [1.29, 1.82) is 0 Å². The van der Waals surface area contributed by atoms with Gasteiger partial charge in [0.25, 0.3) is 0 Å². The van der Waals surface area contributed by atoms with Crippen LogP contribution >= 0.6 is 0 Å². The SMILES string of the molecule is CCOC(=O)[C@H]1N[C@H]2CC[C@@H]1[C@H](O)[C@@H]2O. The van der Waals surface area contributed by atoms with Crippen LogP contribution in [0.25, 0.3) is 0 Å². The topological polar surface area (TPSA) is 78.8 Å². The minimum Gasteiger partial charge on any atom is -0.465 e. The molecule has 5 heteroatoms. The quantitative estimate of drug-likeness (QED) is 0.516. The molecule has 0 aromatic heterocycles.